The highest BCUT2D eigenvalue weighted by Crippen LogP contribution is 2.47. The van der Waals surface area contributed by atoms with Crippen molar-refractivity contribution in [3.05, 3.63) is 48.1 Å². The second-order valence-corrected chi connectivity index (χ2v) is 8.34. The van der Waals surface area contributed by atoms with Crippen LogP contribution in [0.25, 0.3) is 0 Å². The summed E-state index contributed by atoms with van der Waals surface area (Å²) in [6.45, 7) is 11.9. The minimum Gasteiger partial charge on any atom is -0.452 e. The maximum atomic E-state index is 12.1. The Morgan fingerprint density at radius 2 is 1.86 bits per heavy atom. The summed E-state index contributed by atoms with van der Waals surface area (Å²) in [5, 5.41) is 0. The monoisotopic (exact) mass is 402 g/mol. The largest absolute Gasteiger partial charge is 0.452 e. The Morgan fingerprint density at radius 3 is 2.52 bits per heavy atom. The molecule has 6 atom stereocenters. The van der Waals surface area contributed by atoms with Crippen LogP contribution in [0.3, 0.4) is 0 Å². The zero-order valence-corrected chi connectivity index (χ0v) is 18.4. The molecule has 29 heavy (non-hydrogen) atoms. The van der Waals surface area contributed by atoms with E-state index in [1.165, 1.54) is 12.5 Å². The number of fused-ring (bicyclic) bond motifs is 1. The van der Waals surface area contributed by atoms with E-state index < -0.39 is 35.9 Å². The average Bonchev–Trinajstić information content (AvgIpc) is 3.34. The third-order valence-corrected chi connectivity index (χ3v) is 5.44. The lowest BCUT2D eigenvalue weighted by Crippen LogP contribution is -2.48. The SMILES string of the molecule is CC[C@H](C)/C=C/C=C(\C)C[C@@H](C)/C=C/C=C/[C@H]1OC(=O)[C@H](OC(C)=O)[C@@H]2O[C@]12C. The average molecular weight is 403 g/mol. The number of rotatable bonds is 9. The van der Waals surface area contributed by atoms with Gasteiger partial charge in [0, 0.05) is 6.92 Å². The Morgan fingerprint density at radius 1 is 1.17 bits per heavy atom. The van der Waals surface area contributed by atoms with Crippen molar-refractivity contribution in [2.45, 2.75) is 78.3 Å². The van der Waals surface area contributed by atoms with Gasteiger partial charge in [0.05, 0.1) is 0 Å². The van der Waals surface area contributed by atoms with Crippen LogP contribution in [-0.4, -0.2) is 35.9 Å². The number of hydrogen-bond acceptors (Lipinski definition) is 5. The van der Waals surface area contributed by atoms with Gasteiger partial charge in [-0.05, 0) is 38.2 Å². The smallest absolute Gasteiger partial charge is 0.351 e. The first-order valence-corrected chi connectivity index (χ1v) is 10.4. The number of allylic oxidation sites excluding steroid dienone is 7. The third kappa shape index (κ3) is 6.43. The molecule has 0 N–H and O–H groups in total. The summed E-state index contributed by atoms with van der Waals surface area (Å²) in [7, 11) is 0. The standard InChI is InChI=1S/C24H34O5/c1-7-16(2)12-10-13-18(4)15-17(3)11-8-9-14-20-24(6)22(29-24)21(23(26)28-20)27-19(5)25/h8-14,16-17,20-22H,7,15H2,1-6H3/b11-8+,12-10+,14-9+,18-13+/t16-,17-,20+,21+,22-,24+/m0/s1. The van der Waals surface area contributed by atoms with Gasteiger partial charge in [0.25, 0.3) is 0 Å². The molecule has 160 valence electrons. The Kier molecular flexibility index (Phi) is 8.03. The number of esters is 2. The van der Waals surface area contributed by atoms with E-state index in [1.54, 1.807) is 0 Å². The van der Waals surface area contributed by atoms with E-state index in [0.29, 0.717) is 11.8 Å². The molecule has 0 aromatic heterocycles. The summed E-state index contributed by atoms with van der Waals surface area (Å²) in [5.74, 6) is -0.0685. The molecule has 5 nitrogen and oxygen atoms in total. The van der Waals surface area contributed by atoms with Crippen molar-refractivity contribution in [3.8, 4) is 0 Å². The lowest BCUT2D eigenvalue weighted by Gasteiger charge is -2.27. The van der Waals surface area contributed by atoms with Crippen LogP contribution in [0.5, 0.6) is 0 Å². The van der Waals surface area contributed by atoms with Gasteiger partial charge in [-0.2, -0.15) is 0 Å². The molecule has 0 spiro atoms. The van der Waals surface area contributed by atoms with Crippen molar-refractivity contribution < 1.29 is 23.8 Å². The van der Waals surface area contributed by atoms with Gasteiger partial charge in [-0.15, -0.1) is 0 Å². The maximum absolute atomic E-state index is 12.1. The van der Waals surface area contributed by atoms with Gasteiger partial charge in [0.2, 0.25) is 6.10 Å². The summed E-state index contributed by atoms with van der Waals surface area (Å²) < 4.78 is 16.1. The van der Waals surface area contributed by atoms with Crippen molar-refractivity contribution in [3.63, 3.8) is 0 Å². The summed E-state index contributed by atoms with van der Waals surface area (Å²) in [5.41, 5.74) is 0.704. The zero-order valence-electron chi connectivity index (χ0n) is 18.4. The number of carbonyl (C=O) groups excluding carboxylic acids is 2. The predicted octanol–water partition coefficient (Wildman–Crippen LogP) is 4.69. The molecular weight excluding hydrogens is 368 g/mol. The van der Waals surface area contributed by atoms with Crippen LogP contribution in [0.4, 0.5) is 0 Å². The van der Waals surface area contributed by atoms with Gasteiger partial charge in [-0.3, -0.25) is 4.79 Å². The number of cyclic esters (lactones) is 1. The molecule has 0 saturated carbocycles. The van der Waals surface area contributed by atoms with Crippen LogP contribution >= 0.6 is 0 Å². The van der Waals surface area contributed by atoms with Crippen molar-refractivity contribution in [2.75, 3.05) is 0 Å². The van der Waals surface area contributed by atoms with E-state index in [4.69, 9.17) is 14.2 Å². The lowest BCUT2D eigenvalue weighted by atomic mass is 9.93. The summed E-state index contributed by atoms with van der Waals surface area (Å²) in [4.78, 5) is 23.2. The Balaban J connectivity index is 1.84. The van der Waals surface area contributed by atoms with E-state index in [2.05, 4.69) is 52.0 Å². The molecule has 0 unspecified atom stereocenters. The van der Waals surface area contributed by atoms with Crippen molar-refractivity contribution >= 4 is 11.9 Å². The number of ether oxygens (including phenoxy) is 3. The Labute approximate surface area is 174 Å². The maximum Gasteiger partial charge on any atom is 0.351 e. The highest BCUT2D eigenvalue weighted by Gasteiger charge is 2.68. The Bertz CT molecular complexity index is 717. The van der Waals surface area contributed by atoms with Gasteiger partial charge in [0.15, 0.2) is 6.10 Å². The van der Waals surface area contributed by atoms with Crippen molar-refractivity contribution in [2.24, 2.45) is 11.8 Å². The van der Waals surface area contributed by atoms with Crippen LogP contribution in [0, 0.1) is 11.8 Å². The highest BCUT2D eigenvalue weighted by molar-refractivity contribution is 5.81. The Hall–Kier alpha value is -2.14. The van der Waals surface area contributed by atoms with E-state index in [9.17, 15) is 9.59 Å². The molecule has 5 heteroatoms. The number of carbonyl (C=O) groups is 2. The fourth-order valence-corrected chi connectivity index (χ4v) is 3.39. The summed E-state index contributed by atoms with van der Waals surface area (Å²) in [6, 6.07) is 0. The molecular formula is C24H34O5. The van der Waals surface area contributed by atoms with Crippen LogP contribution in [0.15, 0.2) is 48.1 Å². The fourth-order valence-electron chi connectivity index (χ4n) is 3.39. The van der Waals surface area contributed by atoms with E-state index >= 15 is 0 Å². The number of epoxide rings is 1. The van der Waals surface area contributed by atoms with Crippen LogP contribution in [-0.2, 0) is 23.8 Å². The summed E-state index contributed by atoms with van der Waals surface area (Å²) >= 11 is 0. The first-order valence-electron chi connectivity index (χ1n) is 10.4. The third-order valence-electron chi connectivity index (χ3n) is 5.44. The van der Waals surface area contributed by atoms with Crippen molar-refractivity contribution in [1.29, 1.82) is 0 Å². The fraction of sp³-hybridized carbons (Fsp3) is 0.583. The first-order chi connectivity index (χ1) is 13.7. The van der Waals surface area contributed by atoms with E-state index in [0.717, 1.165) is 12.8 Å². The second kappa shape index (κ2) is 10.1. The van der Waals surface area contributed by atoms with Gasteiger partial charge >= 0.3 is 11.9 Å². The molecule has 2 saturated heterocycles. The van der Waals surface area contributed by atoms with Crippen LogP contribution in [0.1, 0.15) is 54.4 Å². The summed E-state index contributed by atoms with van der Waals surface area (Å²) in [6.07, 6.45) is 14.6. The number of hydrogen-bond donors (Lipinski definition) is 0. The molecule has 0 aromatic carbocycles. The van der Waals surface area contributed by atoms with Crippen LogP contribution < -0.4 is 0 Å². The molecule has 0 aliphatic carbocycles. The van der Waals surface area contributed by atoms with Gasteiger partial charge in [-0.1, -0.05) is 69.2 Å². The quantitative estimate of drug-likeness (QED) is 0.318. The highest BCUT2D eigenvalue weighted by atomic mass is 16.7. The molecule has 2 fully saturated rings. The van der Waals surface area contributed by atoms with Gasteiger partial charge < -0.3 is 14.2 Å². The molecule has 2 aliphatic rings. The lowest BCUT2D eigenvalue weighted by molar-refractivity contribution is -0.174. The zero-order chi connectivity index (χ0) is 21.6. The molecule has 2 rings (SSSR count). The predicted molar refractivity (Wildman–Crippen MR) is 113 cm³/mol. The molecule has 0 bridgehead atoms. The molecule has 0 amide bonds. The molecule has 0 aromatic rings. The van der Waals surface area contributed by atoms with Crippen molar-refractivity contribution in [1.82, 2.24) is 0 Å². The topological polar surface area (TPSA) is 65.1 Å². The molecule has 2 heterocycles. The van der Waals surface area contributed by atoms with E-state index in [-0.39, 0.29) is 0 Å². The first kappa shape index (κ1) is 23.1. The van der Waals surface area contributed by atoms with E-state index in [1.807, 2.05) is 25.2 Å². The minimum absolute atomic E-state index is 0.399. The normalized spacial score (nSPS) is 31.7. The minimum atomic E-state index is -0.971. The second-order valence-electron chi connectivity index (χ2n) is 8.34. The van der Waals surface area contributed by atoms with Gasteiger partial charge in [0.1, 0.15) is 11.7 Å². The molecule has 2 aliphatic heterocycles. The van der Waals surface area contributed by atoms with Crippen LogP contribution in [0.2, 0.25) is 0 Å². The van der Waals surface area contributed by atoms with Gasteiger partial charge in [-0.25, -0.2) is 4.79 Å². The molecule has 0 radical (unpaired) electrons.